The Kier molecular flexibility index (Phi) is 4.52. The summed E-state index contributed by atoms with van der Waals surface area (Å²) in [4.78, 5) is 34.2. The van der Waals surface area contributed by atoms with Gasteiger partial charge in [-0.3, -0.25) is 14.9 Å². The van der Waals surface area contributed by atoms with E-state index in [9.17, 15) is 19.7 Å². The first kappa shape index (κ1) is 15.9. The fourth-order valence-electron chi connectivity index (χ4n) is 2.04. The monoisotopic (exact) mass is 313 g/mol. The Labute approximate surface area is 130 Å². The van der Waals surface area contributed by atoms with E-state index in [4.69, 9.17) is 5.26 Å². The first-order chi connectivity index (χ1) is 11.0. The summed E-state index contributed by atoms with van der Waals surface area (Å²) in [5.41, 5.74) is -0.732. The zero-order valence-electron chi connectivity index (χ0n) is 12.1. The molecule has 0 N–H and O–H groups in total. The van der Waals surface area contributed by atoms with Crippen molar-refractivity contribution in [3.8, 4) is 6.07 Å². The minimum atomic E-state index is -0.957. The summed E-state index contributed by atoms with van der Waals surface area (Å²) in [6.45, 7) is -0.0752. The summed E-state index contributed by atoms with van der Waals surface area (Å²) in [6.07, 6.45) is 1.03. The van der Waals surface area contributed by atoms with E-state index >= 15 is 0 Å². The van der Waals surface area contributed by atoms with Crippen molar-refractivity contribution in [1.82, 2.24) is 4.57 Å². The average Bonchev–Trinajstić information content (AvgIpc) is 2.56. The van der Waals surface area contributed by atoms with Crippen LogP contribution >= 0.6 is 0 Å². The van der Waals surface area contributed by atoms with Crippen molar-refractivity contribution < 1.29 is 14.5 Å². The summed E-state index contributed by atoms with van der Waals surface area (Å²) in [5.74, 6) is -0.957. The molecule has 0 saturated heterocycles. The lowest BCUT2D eigenvalue weighted by molar-refractivity contribution is -0.385. The number of rotatable bonds is 4. The first-order valence-corrected chi connectivity index (χ1v) is 6.43. The fourth-order valence-corrected chi connectivity index (χ4v) is 2.04. The van der Waals surface area contributed by atoms with E-state index in [1.807, 2.05) is 6.07 Å². The molecule has 0 bridgehead atoms. The normalized spacial score (nSPS) is 9.91. The largest absolute Gasteiger partial charge is 0.465 e. The van der Waals surface area contributed by atoms with Gasteiger partial charge in [-0.1, -0.05) is 18.2 Å². The molecular weight excluding hydrogens is 302 g/mol. The van der Waals surface area contributed by atoms with Gasteiger partial charge in [-0.05, 0) is 11.6 Å². The molecule has 0 amide bonds. The van der Waals surface area contributed by atoms with Crippen molar-refractivity contribution in [1.29, 1.82) is 5.26 Å². The Morgan fingerprint density at radius 3 is 2.74 bits per heavy atom. The number of aromatic nitrogens is 1. The van der Waals surface area contributed by atoms with Crippen molar-refractivity contribution in [2.24, 2.45) is 0 Å². The van der Waals surface area contributed by atoms with Crippen LogP contribution in [0, 0.1) is 21.4 Å². The lowest BCUT2D eigenvalue weighted by atomic mass is 10.1. The van der Waals surface area contributed by atoms with Crippen LogP contribution in [0.2, 0.25) is 0 Å². The zero-order valence-corrected chi connectivity index (χ0v) is 12.1. The maximum atomic E-state index is 12.3. The van der Waals surface area contributed by atoms with Gasteiger partial charge in [0.15, 0.2) is 0 Å². The van der Waals surface area contributed by atoms with Gasteiger partial charge in [0.1, 0.15) is 5.56 Å². The van der Waals surface area contributed by atoms with Crippen molar-refractivity contribution in [2.75, 3.05) is 7.11 Å². The summed E-state index contributed by atoms with van der Waals surface area (Å²) in [5, 5.41) is 20.1. The lowest BCUT2D eigenvalue weighted by Crippen LogP contribution is -2.27. The van der Waals surface area contributed by atoms with Crippen molar-refractivity contribution in [3.63, 3.8) is 0 Å². The van der Waals surface area contributed by atoms with Crippen molar-refractivity contribution in [3.05, 3.63) is 73.7 Å². The number of methoxy groups -OCH3 is 1. The van der Waals surface area contributed by atoms with E-state index in [1.54, 1.807) is 24.3 Å². The highest BCUT2D eigenvalue weighted by Gasteiger charge is 2.20. The number of pyridine rings is 1. The number of nitro groups is 1. The number of hydrogen-bond acceptors (Lipinski definition) is 6. The van der Waals surface area contributed by atoms with Crippen LogP contribution in [0.4, 0.5) is 5.69 Å². The smallest absolute Gasteiger partial charge is 0.343 e. The molecule has 0 aliphatic rings. The second-order valence-corrected chi connectivity index (χ2v) is 4.56. The Morgan fingerprint density at radius 2 is 2.13 bits per heavy atom. The maximum Gasteiger partial charge on any atom is 0.343 e. The van der Waals surface area contributed by atoms with E-state index in [0.29, 0.717) is 11.1 Å². The zero-order chi connectivity index (χ0) is 17.0. The van der Waals surface area contributed by atoms with Gasteiger partial charge in [0.25, 0.3) is 11.2 Å². The third kappa shape index (κ3) is 3.24. The van der Waals surface area contributed by atoms with Gasteiger partial charge in [0, 0.05) is 6.07 Å². The highest BCUT2D eigenvalue weighted by atomic mass is 16.6. The number of nitriles is 1. The fraction of sp³-hybridized carbons (Fsp3) is 0.133. The number of benzene rings is 1. The minimum Gasteiger partial charge on any atom is -0.465 e. The molecule has 2 aromatic rings. The molecule has 0 aliphatic carbocycles. The average molecular weight is 313 g/mol. The maximum absolute atomic E-state index is 12.3. The van der Waals surface area contributed by atoms with Crippen LogP contribution in [0.5, 0.6) is 0 Å². The Balaban J connectivity index is 2.60. The summed E-state index contributed by atoms with van der Waals surface area (Å²) < 4.78 is 5.49. The van der Waals surface area contributed by atoms with Gasteiger partial charge in [-0.25, -0.2) is 4.79 Å². The Morgan fingerprint density at radius 1 is 1.43 bits per heavy atom. The number of ether oxygens (including phenoxy) is 1. The van der Waals surface area contributed by atoms with Gasteiger partial charge in [0.2, 0.25) is 0 Å². The van der Waals surface area contributed by atoms with Gasteiger partial charge < -0.3 is 9.30 Å². The topological polar surface area (TPSA) is 115 Å². The quantitative estimate of drug-likeness (QED) is 0.479. The minimum absolute atomic E-state index is 0.0752. The molecule has 0 atom stereocenters. The number of esters is 1. The van der Waals surface area contributed by atoms with E-state index in [-0.39, 0.29) is 6.54 Å². The second kappa shape index (κ2) is 6.53. The van der Waals surface area contributed by atoms with Crippen LogP contribution in [0.15, 0.2) is 41.3 Å². The molecule has 0 fully saturated rings. The first-order valence-electron chi connectivity index (χ1n) is 6.43. The van der Waals surface area contributed by atoms with E-state index in [1.165, 1.54) is 0 Å². The predicted octanol–water partition coefficient (Wildman–Crippen LogP) is 1.46. The molecule has 1 aromatic carbocycles. The highest BCUT2D eigenvalue weighted by molar-refractivity contribution is 5.89. The van der Waals surface area contributed by atoms with Gasteiger partial charge in [0.05, 0.1) is 36.4 Å². The molecule has 1 heterocycles. The van der Waals surface area contributed by atoms with Crippen LogP contribution in [0.3, 0.4) is 0 Å². The molecule has 0 radical (unpaired) electrons. The van der Waals surface area contributed by atoms with E-state index < -0.39 is 27.7 Å². The van der Waals surface area contributed by atoms with Crippen LogP contribution in [-0.4, -0.2) is 22.6 Å². The van der Waals surface area contributed by atoms with Crippen LogP contribution < -0.4 is 5.56 Å². The molecule has 23 heavy (non-hydrogen) atoms. The molecule has 0 saturated carbocycles. The molecule has 8 heteroatoms. The number of hydrogen-bond donors (Lipinski definition) is 0. The van der Waals surface area contributed by atoms with Gasteiger partial charge >= 0.3 is 5.97 Å². The summed E-state index contributed by atoms with van der Waals surface area (Å²) in [7, 11) is 1.08. The molecule has 0 aliphatic heterocycles. The Hall–Kier alpha value is -3.47. The van der Waals surface area contributed by atoms with Crippen molar-refractivity contribution >= 4 is 11.7 Å². The highest BCUT2D eigenvalue weighted by Crippen LogP contribution is 2.14. The molecule has 8 nitrogen and oxygen atoms in total. The Bertz CT molecular complexity index is 879. The standard InChI is InChI=1S/C15H11N3O5/c1-23-15(20)13-6-12(18(21)22)9-17(14(13)19)8-11-5-3-2-4-10(11)7-16/h2-6,9H,8H2,1H3. The van der Waals surface area contributed by atoms with Gasteiger partial charge in [-0.2, -0.15) is 5.26 Å². The summed E-state index contributed by atoms with van der Waals surface area (Å²) >= 11 is 0. The second-order valence-electron chi connectivity index (χ2n) is 4.56. The lowest BCUT2D eigenvalue weighted by Gasteiger charge is -2.09. The van der Waals surface area contributed by atoms with Crippen LogP contribution in [0.1, 0.15) is 21.5 Å². The molecule has 0 unspecified atom stereocenters. The molecule has 2 rings (SSSR count). The predicted molar refractivity (Wildman–Crippen MR) is 79.0 cm³/mol. The van der Waals surface area contributed by atoms with E-state index in [0.717, 1.165) is 23.9 Å². The molecule has 1 aromatic heterocycles. The third-order valence-corrected chi connectivity index (χ3v) is 3.17. The number of carbonyl (C=O) groups excluding carboxylic acids is 1. The number of nitrogens with zero attached hydrogens (tertiary/aromatic N) is 3. The SMILES string of the molecule is COC(=O)c1cc([N+](=O)[O-])cn(Cc2ccccc2C#N)c1=O. The molecule has 0 spiro atoms. The summed E-state index contributed by atoms with van der Waals surface area (Å²) in [6, 6.07) is 9.40. The third-order valence-electron chi connectivity index (χ3n) is 3.17. The van der Waals surface area contributed by atoms with Crippen molar-refractivity contribution in [2.45, 2.75) is 6.54 Å². The van der Waals surface area contributed by atoms with E-state index in [2.05, 4.69) is 4.74 Å². The van der Waals surface area contributed by atoms with Crippen LogP contribution in [0.25, 0.3) is 0 Å². The molecular formula is C15H11N3O5. The van der Waals surface area contributed by atoms with Gasteiger partial charge in [-0.15, -0.1) is 0 Å². The molecule has 116 valence electrons. The number of carbonyl (C=O) groups is 1. The van der Waals surface area contributed by atoms with Crippen LogP contribution in [-0.2, 0) is 11.3 Å².